The number of benzene rings is 2. The fourth-order valence-electron chi connectivity index (χ4n) is 2.10. The minimum atomic E-state index is -1.09. The molecule has 3 nitrogen and oxygen atoms in total. The molecule has 0 fully saturated rings. The molecule has 4 heteroatoms. The fourth-order valence-corrected chi connectivity index (χ4v) is 2.19. The number of thiol groups is 1. The summed E-state index contributed by atoms with van der Waals surface area (Å²) in [5.41, 5.74) is 0.535. The van der Waals surface area contributed by atoms with Gasteiger partial charge in [-0.1, -0.05) is 60.7 Å². The Morgan fingerprint density at radius 1 is 1.00 bits per heavy atom. The fraction of sp³-hybridized carbons (Fsp3) is 0.188. The predicted molar refractivity (Wildman–Crippen MR) is 84.1 cm³/mol. The molecule has 0 N–H and O–H groups in total. The van der Waals surface area contributed by atoms with Crippen LogP contribution in [0.15, 0.2) is 60.7 Å². The van der Waals surface area contributed by atoms with E-state index in [0.29, 0.717) is 12.4 Å². The lowest BCUT2D eigenvalue weighted by Crippen LogP contribution is -2.30. The summed E-state index contributed by atoms with van der Waals surface area (Å²) in [6.07, 6.45) is 0. The maximum absolute atomic E-state index is 10.9. The van der Waals surface area contributed by atoms with Crippen LogP contribution in [-0.2, 0) is 10.3 Å². The van der Waals surface area contributed by atoms with E-state index in [4.69, 9.17) is 4.74 Å². The van der Waals surface area contributed by atoms with Gasteiger partial charge in [0.15, 0.2) is 0 Å². The molecular weight excluding hydrogens is 270 g/mol. The number of hydrogen-bond acceptors (Lipinski definition) is 3. The molecule has 0 aliphatic heterocycles. The Balaban J connectivity index is 2.58. The van der Waals surface area contributed by atoms with Gasteiger partial charge in [0.2, 0.25) is 0 Å². The third kappa shape index (κ3) is 2.96. The second-order valence-corrected chi connectivity index (χ2v) is 4.64. The highest BCUT2D eigenvalue weighted by molar-refractivity contribution is 7.80. The van der Waals surface area contributed by atoms with Gasteiger partial charge in [-0.05, 0) is 0 Å². The molecule has 0 amide bonds. The highest BCUT2D eigenvalue weighted by Gasteiger charge is 2.40. The lowest BCUT2D eigenvalue weighted by molar-refractivity contribution is 0.0373. The average molecular weight is 285 g/mol. The van der Waals surface area contributed by atoms with Crippen LogP contribution < -0.4 is 0 Å². The number of nitrogens with zero attached hydrogens (tertiary/aromatic N) is 1. The van der Waals surface area contributed by atoms with Crippen LogP contribution in [0.3, 0.4) is 0 Å². The van der Waals surface area contributed by atoms with E-state index in [1.807, 2.05) is 60.7 Å². The van der Waals surface area contributed by atoms with Crippen molar-refractivity contribution in [3.8, 4) is 6.07 Å². The van der Waals surface area contributed by atoms with Gasteiger partial charge in [-0.2, -0.15) is 12.6 Å². The minimum absolute atomic E-state index is 0.384. The van der Waals surface area contributed by atoms with Gasteiger partial charge in [0.05, 0.1) is 6.61 Å². The van der Waals surface area contributed by atoms with Gasteiger partial charge in [-0.25, -0.2) is 0 Å². The molecule has 0 bridgehead atoms. The first-order valence-corrected chi connectivity index (χ1v) is 6.92. The Kier molecular flexibility index (Phi) is 5.05. The third-order valence-electron chi connectivity index (χ3n) is 2.97. The Morgan fingerprint density at radius 2 is 1.50 bits per heavy atom. The first-order chi connectivity index (χ1) is 9.83. The van der Waals surface area contributed by atoms with Crippen LogP contribution in [0.1, 0.15) is 11.1 Å². The molecule has 2 aromatic rings. The minimum Gasteiger partial charge on any atom is -0.498 e. The summed E-state index contributed by atoms with van der Waals surface area (Å²) in [5.74, 6) is 0.544. The van der Waals surface area contributed by atoms with Gasteiger partial charge in [-0.15, -0.1) is 0 Å². The van der Waals surface area contributed by atoms with Crippen LogP contribution in [0.5, 0.6) is 0 Å². The van der Waals surface area contributed by atoms with Crippen LogP contribution >= 0.6 is 12.6 Å². The lowest BCUT2D eigenvalue weighted by Gasteiger charge is -2.25. The first kappa shape index (κ1) is 14.4. The molecule has 0 radical (unpaired) electrons. The third-order valence-corrected chi connectivity index (χ3v) is 3.16. The predicted octanol–water partition coefficient (Wildman–Crippen LogP) is 3.71. The first-order valence-electron chi connectivity index (χ1n) is 6.29. The summed E-state index contributed by atoms with van der Waals surface area (Å²) in [5, 5.41) is 13.7. The normalized spacial score (nSPS) is 10.7. The molecule has 0 heterocycles. The zero-order valence-electron chi connectivity index (χ0n) is 10.9. The molecule has 0 saturated carbocycles. The van der Waals surface area contributed by atoms with E-state index in [1.54, 1.807) is 0 Å². The SMILES string of the molecule is [O-][N+]#CC(OCCS)(c1ccccc1)c1ccccc1. The van der Waals surface area contributed by atoms with Crippen molar-refractivity contribution in [1.82, 2.24) is 0 Å². The molecule has 0 saturated heterocycles. The van der Waals surface area contributed by atoms with Crippen molar-refractivity contribution in [3.05, 3.63) is 82.0 Å². The Bertz CT molecular complexity index is 551. The average Bonchev–Trinajstić information content (AvgIpc) is 2.53. The molecule has 0 aliphatic rings. The van der Waals surface area contributed by atoms with Gasteiger partial charge in [0.1, 0.15) is 0 Å². The van der Waals surface area contributed by atoms with Gasteiger partial charge < -0.3 is 9.94 Å². The van der Waals surface area contributed by atoms with Gasteiger partial charge in [0.25, 0.3) is 5.60 Å². The van der Waals surface area contributed by atoms with Crippen molar-refractivity contribution in [2.75, 3.05) is 12.4 Å². The monoisotopic (exact) mass is 285 g/mol. The molecule has 0 atom stereocenters. The van der Waals surface area contributed by atoms with Crippen molar-refractivity contribution in [2.24, 2.45) is 0 Å². The highest BCUT2D eigenvalue weighted by Crippen LogP contribution is 2.33. The largest absolute Gasteiger partial charge is 0.498 e. The van der Waals surface area contributed by atoms with Gasteiger partial charge in [0, 0.05) is 21.9 Å². The molecule has 2 rings (SSSR count). The van der Waals surface area contributed by atoms with Crippen LogP contribution in [-0.4, -0.2) is 12.4 Å². The van der Waals surface area contributed by atoms with Gasteiger partial charge in [-0.3, -0.25) is 0 Å². The Morgan fingerprint density at radius 3 is 1.90 bits per heavy atom. The summed E-state index contributed by atoms with van der Waals surface area (Å²) in [6.45, 7) is 0.384. The maximum atomic E-state index is 10.9. The van der Waals surface area contributed by atoms with Crippen molar-refractivity contribution < 1.29 is 4.74 Å². The van der Waals surface area contributed by atoms with Crippen molar-refractivity contribution in [3.63, 3.8) is 0 Å². The second-order valence-electron chi connectivity index (χ2n) is 4.19. The molecular formula is C16H15NO2S. The maximum Gasteiger partial charge on any atom is 0.344 e. The summed E-state index contributed by atoms with van der Waals surface area (Å²) >= 11 is 4.16. The van der Waals surface area contributed by atoms with Crippen LogP contribution in [0.4, 0.5) is 0 Å². The Hall–Kier alpha value is -1.96. The van der Waals surface area contributed by atoms with Crippen LogP contribution in [0.25, 0.3) is 5.01 Å². The molecule has 20 heavy (non-hydrogen) atoms. The van der Waals surface area contributed by atoms with E-state index in [9.17, 15) is 5.21 Å². The standard InChI is InChI=1S/C16H15NO2S/c18-17-13-16(19-11-12-20,14-7-3-1-4-8-14)15-9-5-2-6-10-15/h1-10,20H,11-12H2. The zero-order valence-corrected chi connectivity index (χ0v) is 11.8. The highest BCUT2D eigenvalue weighted by atomic mass is 32.1. The summed E-state index contributed by atoms with van der Waals surface area (Å²) in [4.78, 5) is 0. The number of ether oxygens (including phenoxy) is 1. The van der Waals surface area contributed by atoms with E-state index in [2.05, 4.69) is 23.7 Å². The topological polar surface area (TPSA) is 36.6 Å². The Labute approximate surface area is 124 Å². The molecule has 0 unspecified atom stereocenters. The van der Waals surface area contributed by atoms with E-state index >= 15 is 0 Å². The molecule has 0 spiro atoms. The van der Waals surface area contributed by atoms with E-state index in [-0.39, 0.29) is 0 Å². The van der Waals surface area contributed by atoms with Crippen molar-refractivity contribution in [1.29, 1.82) is 0 Å². The molecule has 2 aromatic carbocycles. The van der Waals surface area contributed by atoms with E-state index in [0.717, 1.165) is 11.1 Å². The van der Waals surface area contributed by atoms with Gasteiger partial charge >= 0.3 is 6.07 Å². The van der Waals surface area contributed by atoms with Crippen LogP contribution in [0, 0.1) is 11.3 Å². The number of hydrogen-bond donors (Lipinski definition) is 1. The summed E-state index contributed by atoms with van der Waals surface area (Å²) < 4.78 is 5.91. The molecule has 0 aliphatic carbocycles. The summed E-state index contributed by atoms with van der Waals surface area (Å²) in [6, 6.07) is 21.5. The van der Waals surface area contributed by atoms with E-state index in [1.165, 1.54) is 0 Å². The summed E-state index contributed by atoms with van der Waals surface area (Å²) in [7, 11) is 0. The van der Waals surface area contributed by atoms with Crippen molar-refractivity contribution in [2.45, 2.75) is 5.60 Å². The molecule has 102 valence electrons. The second kappa shape index (κ2) is 6.99. The van der Waals surface area contributed by atoms with Crippen molar-refractivity contribution >= 4 is 12.6 Å². The van der Waals surface area contributed by atoms with E-state index < -0.39 is 5.60 Å². The smallest absolute Gasteiger partial charge is 0.344 e. The number of rotatable bonds is 5. The zero-order chi connectivity index (χ0) is 14.3. The molecule has 0 aromatic heterocycles. The lowest BCUT2D eigenvalue weighted by atomic mass is 9.87. The quantitative estimate of drug-likeness (QED) is 0.671. The van der Waals surface area contributed by atoms with Crippen LogP contribution in [0.2, 0.25) is 0 Å².